The summed E-state index contributed by atoms with van der Waals surface area (Å²) in [7, 11) is 2.14. The summed E-state index contributed by atoms with van der Waals surface area (Å²) < 4.78 is 5.95. The molecule has 1 saturated heterocycles. The van der Waals surface area contributed by atoms with Gasteiger partial charge in [0, 0.05) is 48.1 Å². The zero-order valence-electron chi connectivity index (χ0n) is 18.8. The van der Waals surface area contributed by atoms with Crippen molar-refractivity contribution in [2.75, 3.05) is 26.7 Å². The minimum Gasteiger partial charge on any atom is -0.492 e. The van der Waals surface area contributed by atoms with Gasteiger partial charge in [-0.3, -0.25) is 14.8 Å². The molecule has 2 aromatic rings. The predicted molar refractivity (Wildman–Crippen MR) is 127 cm³/mol. The van der Waals surface area contributed by atoms with Crippen LogP contribution in [-0.4, -0.2) is 54.8 Å². The Hall–Kier alpha value is -3.19. The van der Waals surface area contributed by atoms with Gasteiger partial charge in [0.2, 0.25) is 0 Å². The summed E-state index contributed by atoms with van der Waals surface area (Å²) in [5.74, 6) is 1.21. The minimum atomic E-state index is -0.0513. The molecule has 1 atom stereocenters. The molecule has 1 unspecified atom stereocenters. The summed E-state index contributed by atoms with van der Waals surface area (Å²) in [6.45, 7) is 4.86. The number of aliphatic imine (C=N–C) groups is 1. The number of hydrogen-bond donors (Lipinski definition) is 2. The van der Waals surface area contributed by atoms with E-state index in [-0.39, 0.29) is 5.91 Å². The Bertz CT molecular complexity index is 1030. The number of pyridine rings is 1. The predicted octanol–water partition coefficient (Wildman–Crippen LogP) is 3.31. The number of aryl methyl sites for hydroxylation is 1. The van der Waals surface area contributed by atoms with E-state index in [1.54, 1.807) is 18.6 Å². The molecule has 1 amide bonds. The standard InChI is InChI=1S/C25H31N5O2/c1-17-3-4-19(25(31)29-21-5-6-21)9-24(17)20(11-26)12-28-22-10-23(14-27-13-22)32-16-18-7-8-30(2)15-18/h3-4,9-14,18,21H,5-8,15-16,26H2,1-2H3,(H,29,31). The Labute approximate surface area is 189 Å². The van der Waals surface area contributed by atoms with Crippen LogP contribution in [-0.2, 0) is 0 Å². The lowest BCUT2D eigenvalue weighted by molar-refractivity contribution is 0.0951. The van der Waals surface area contributed by atoms with Crippen molar-refractivity contribution in [3.63, 3.8) is 0 Å². The highest BCUT2D eigenvalue weighted by Crippen LogP contribution is 2.24. The topological polar surface area (TPSA) is 92.8 Å². The highest BCUT2D eigenvalue weighted by atomic mass is 16.5. The van der Waals surface area contributed by atoms with E-state index < -0.39 is 0 Å². The Morgan fingerprint density at radius 3 is 2.88 bits per heavy atom. The normalized spacial score (nSPS) is 19.4. The zero-order chi connectivity index (χ0) is 22.5. The summed E-state index contributed by atoms with van der Waals surface area (Å²) in [6, 6.07) is 7.84. The number of carbonyl (C=O) groups is 1. The maximum Gasteiger partial charge on any atom is 0.251 e. The molecule has 2 fully saturated rings. The molecule has 1 aromatic carbocycles. The molecule has 4 rings (SSSR count). The number of ether oxygens (including phenoxy) is 1. The van der Waals surface area contributed by atoms with Crippen LogP contribution in [0.3, 0.4) is 0 Å². The van der Waals surface area contributed by atoms with Gasteiger partial charge in [-0.1, -0.05) is 6.07 Å². The number of likely N-dealkylation sites (tertiary alicyclic amines) is 1. The van der Waals surface area contributed by atoms with Crippen LogP contribution in [0, 0.1) is 12.8 Å². The van der Waals surface area contributed by atoms with E-state index in [2.05, 4.69) is 27.2 Å². The Kier molecular flexibility index (Phi) is 6.85. The van der Waals surface area contributed by atoms with Crippen LogP contribution in [0.15, 0.2) is 47.9 Å². The van der Waals surface area contributed by atoms with Gasteiger partial charge >= 0.3 is 0 Å². The fourth-order valence-electron chi connectivity index (χ4n) is 3.85. The highest BCUT2D eigenvalue weighted by Gasteiger charge is 2.24. The second kappa shape index (κ2) is 9.96. The Morgan fingerprint density at radius 1 is 1.31 bits per heavy atom. The molecule has 7 nitrogen and oxygen atoms in total. The summed E-state index contributed by atoms with van der Waals surface area (Å²) in [4.78, 5) is 23.6. The van der Waals surface area contributed by atoms with Gasteiger partial charge in [0.05, 0.1) is 24.7 Å². The van der Waals surface area contributed by atoms with E-state index in [1.807, 2.05) is 31.2 Å². The first kappa shape index (κ1) is 22.0. The van der Waals surface area contributed by atoms with E-state index in [1.165, 1.54) is 6.20 Å². The largest absolute Gasteiger partial charge is 0.492 e. The van der Waals surface area contributed by atoms with Crippen molar-refractivity contribution < 1.29 is 9.53 Å². The Morgan fingerprint density at radius 2 is 2.16 bits per heavy atom. The smallest absolute Gasteiger partial charge is 0.251 e. The molecule has 168 valence electrons. The lowest BCUT2D eigenvalue weighted by Crippen LogP contribution is -2.25. The van der Waals surface area contributed by atoms with E-state index in [9.17, 15) is 4.79 Å². The van der Waals surface area contributed by atoms with Crippen LogP contribution >= 0.6 is 0 Å². The van der Waals surface area contributed by atoms with Crippen molar-refractivity contribution in [3.05, 3.63) is 59.5 Å². The average Bonchev–Trinajstić information content (AvgIpc) is 3.51. The van der Waals surface area contributed by atoms with Gasteiger partial charge < -0.3 is 20.7 Å². The summed E-state index contributed by atoms with van der Waals surface area (Å²) in [5.41, 5.74) is 9.87. The van der Waals surface area contributed by atoms with Gasteiger partial charge in [-0.05, 0) is 63.0 Å². The van der Waals surface area contributed by atoms with Crippen molar-refractivity contribution in [1.29, 1.82) is 0 Å². The summed E-state index contributed by atoms with van der Waals surface area (Å²) in [6.07, 6.45) is 9.88. The number of aromatic nitrogens is 1. The third-order valence-electron chi connectivity index (χ3n) is 5.93. The summed E-state index contributed by atoms with van der Waals surface area (Å²) in [5, 5.41) is 3.02. The second-order valence-corrected chi connectivity index (χ2v) is 8.76. The van der Waals surface area contributed by atoms with Crippen LogP contribution in [0.4, 0.5) is 5.69 Å². The third-order valence-corrected chi connectivity index (χ3v) is 5.93. The van der Waals surface area contributed by atoms with Gasteiger partial charge in [0.1, 0.15) is 5.75 Å². The number of nitrogens with two attached hydrogens (primary N) is 1. The maximum absolute atomic E-state index is 12.4. The van der Waals surface area contributed by atoms with Gasteiger partial charge in [-0.15, -0.1) is 0 Å². The van der Waals surface area contributed by atoms with E-state index in [0.717, 1.165) is 49.1 Å². The highest BCUT2D eigenvalue weighted by molar-refractivity contribution is 6.11. The second-order valence-electron chi connectivity index (χ2n) is 8.76. The summed E-state index contributed by atoms with van der Waals surface area (Å²) >= 11 is 0. The number of hydrogen-bond acceptors (Lipinski definition) is 6. The molecule has 3 N–H and O–H groups in total. The molecule has 0 bridgehead atoms. The van der Waals surface area contributed by atoms with Crippen LogP contribution in [0.5, 0.6) is 5.75 Å². The molecular formula is C25H31N5O2. The zero-order valence-corrected chi connectivity index (χ0v) is 18.8. The van der Waals surface area contributed by atoms with Crippen molar-refractivity contribution in [2.45, 2.75) is 32.2 Å². The van der Waals surface area contributed by atoms with Gasteiger partial charge in [0.15, 0.2) is 0 Å². The molecule has 0 radical (unpaired) electrons. The van der Waals surface area contributed by atoms with Crippen molar-refractivity contribution in [3.8, 4) is 5.75 Å². The number of amides is 1. The number of benzene rings is 1. The Balaban J connectivity index is 1.44. The number of rotatable bonds is 8. The number of carbonyl (C=O) groups excluding carboxylic acids is 1. The molecule has 2 aliphatic rings. The first-order valence-corrected chi connectivity index (χ1v) is 11.2. The van der Waals surface area contributed by atoms with Crippen molar-refractivity contribution in [1.82, 2.24) is 15.2 Å². The molecule has 1 aliphatic carbocycles. The quantitative estimate of drug-likeness (QED) is 0.623. The molecule has 1 saturated carbocycles. The molecular weight excluding hydrogens is 402 g/mol. The van der Waals surface area contributed by atoms with E-state index in [0.29, 0.717) is 35.6 Å². The average molecular weight is 434 g/mol. The monoisotopic (exact) mass is 433 g/mol. The molecule has 1 aromatic heterocycles. The number of nitrogens with one attached hydrogen (secondary N) is 1. The van der Waals surface area contributed by atoms with Crippen LogP contribution in [0.2, 0.25) is 0 Å². The lowest BCUT2D eigenvalue weighted by atomic mass is 9.98. The lowest BCUT2D eigenvalue weighted by Gasteiger charge is -2.12. The van der Waals surface area contributed by atoms with Gasteiger partial charge in [0.25, 0.3) is 5.91 Å². The van der Waals surface area contributed by atoms with E-state index >= 15 is 0 Å². The third kappa shape index (κ3) is 5.73. The molecule has 2 heterocycles. The first-order chi connectivity index (χ1) is 15.5. The number of allylic oxidation sites excluding steroid dienone is 1. The van der Waals surface area contributed by atoms with E-state index in [4.69, 9.17) is 10.5 Å². The SMILES string of the molecule is Cc1ccc(C(=O)NC2CC2)cc1C(C=Nc1cncc(OCC2CCN(C)C2)c1)=CN. The molecule has 32 heavy (non-hydrogen) atoms. The number of nitrogens with zero attached hydrogens (tertiary/aromatic N) is 3. The molecule has 7 heteroatoms. The molecule has 1 aliphatic heterocycles. The fourth-order valence-corrected chi connectivity index (χ4v) is 3.85. The molecule has 0 spiro atoms. The van der Waals surface area contributed by atoms with Crippen molar-refractivity contribution in [2.24, 2.45) is 16.6 Å². The van der Waals surface area contributed by atoms with Gasteiger partial charge in [-0.2, -0.15) is 0 Å². The minimum absolute atomic E-state index is 0.0513. The van der Waals surface area contributed by atoms with Crippen LogP contribution in [0.1, 0.15) is 40.7 Å². The van der Waals surface area contributed by atoms with Crippen LogP contribution in [0.25, 0.3) is 5.57 Å². The first-order valence-electron chi connectivity index (χ1n) is 11.2. The fraction of sp³-hybridized carbons (Fsp3) is 0.400. The van der Waals surface area contributed by atoms with Crippen molar-refractivity contribution >= 4 is 23.4 Å². The maximum atomic E-state index is 12.4. The van der Waals surface area contributed by atoms with Gasteiger partial charge in [-0.25, -0.2) is 0 Å². The van der Waals surface area contributed by atoms with Crippen LogP contribution < -0.4 is 15.8 Å².